The Bertz CT molecular complexity index is 165. The van der Waals surface area contributed by atoms with E-state index in [0.717, 1.165) is 5.41 Å². The highest BCUT2D eigenvalue weighted by Crippen LogP contribution is 2.58. The molecule has 0 aromatic rings. The topological polar surface area (TPSA) is 0 Å². The van der Waals surface area contributed by atoms with E-state index in [1.807, 2.05) is 0 Å². The zero-order valence-corrected chi connectivity index (χ0v) is 8.66. The minimum absolute atomic E-state index is 0.713. The van der Waals surface area contributed by atoms with Crippen LogP contribution >= 0.6 is 0 Å². The van der Waals surface area contributed by atoms with Crippen molar-refractivity contribution >= 4 is 0 Å². The Kier molecular flexibility index (Phi) is 1.97. The molecule has 70 valence electrons. The van der Waals surface area contributed by atoms with E-state index in [1.165, 1.54) is 38.5 Å². The normalized spacial score (nSPS) is 39.5. The van der Waals surface area contributed by atoms with E-state index >= 15 is 0 Å². The van der Waals surface area contributed by atoms with Gasteiger partial charge in [0.05, 0.1) is 0 Å². The Morgan fingerprint density at radius 2 is 1.67 bits per heavy atom. The summed E-state index contributed by atoms with van der Waals surface area (Å²) in [6, 6.07) is 0. The van der Waals surface area contributed by atoms with E-state index in [0.29, 0.717) is 5.41 Å². The first-order valence-corrected chi connectivity index (χ1v) is 5.68. The average molecular weight is 166 g/mol. The van der Waals surface area contributed by atoms with Crippen molar-refractivity contribution in [3.8, 4) is 0 Å². The maximum atomic E-state index is 2.50. The zero-order valence-electron chi connectivity index (χ0n) is 8.66. The molecule has 0 aliphatic heterocycles. The average Bonchev–Trinajstić information content (AvgIpc) is 2.63. The van der Waals surface area contributed by atoms with Crippen molar-refractivity contribution in [2.75, 3.05) is 0 Å². The van der Waals surface area contributed by atoms with Gasteiger partial charge in [-0.15, -0.1) is 0 Å². The molecule has 0 N–H and O–H groups in total. The van der Waals surface area contributed by atoms with Gasteiger partial charge in [-0.25, -0.2) is 0 Å². The lowest BCUT2D eigenvalue weighted by molar-refractivity contribution is 0.239. The van der Waals surface area contributed by atoms with Crippen LogP contribution in [0.2, 0.25) is 0 Å². The Hall–Kier alpha value is 0. The summed E-state index contributed by atoms with van der Waals surface area (Å²) in [7, 11) is 0. The molecule has 0 nitrogen and oxygen atoms in total. The van der Waals surface area contributed by atoms with Gasteiger partial charge in [0.1, 0.15) is 0 Å². The van der Waals surface area contributed by atoms with E-state index in [2.05, 4.69) is 13.8 Å². The first-order chi connectivity index (χ1) is 5.68. The van der Waals surface area contributed by atoms with Crippen molar-refractivity contribution in [2.45, 2.75) is 65.2 Å². The van der Waals surface area contributed by atoms with Gasteiger partial charge in [0, 0.05) is 0 Å². The number of rotatable bonds is 1. The smallest absolute Gasteiger partial charge is 0.0292 e. The Morgan fingerprint density at radius 3 is 2.17 bits per heavy atom. The third-order valence-electron chi connectivity index (χ3n) is 4.58. The predicted octanol–water partition coefficient (Wildman–Crippen LogP) is 4.15. The molecule has 0 radical (unpaired) electrons. The lowest BCUT2D eigenvalue weighted by Crippen LogP contribution is -2.16. The summed E-state index contributed by atoms with van der Waals surface area (Å²) < 4.78 is 0. The third-order valence-corrected chi connectivity index (χ3v) is 4.58. The third kappa shape index (κ3) is 1.30. The molecule has 0 saturated heterocycles. The molecule has 0 heteroatoms. The van der Waals surface area contributed by atoms with E-state index < -0.39 is 0 Å². The first kappa shape index (κ1) is 8.59. The van der Waals surface area contributed by atoms with Crippen molar-refractivity contribution in [3.05, 3.63) is 0 Å². The molecule has 2 aliphatic carbocycles. The largest absolute Gasteiger partial charge is 0.0649 e. The Balaban J connectivity index is 2.05. The van der Waals surface area contributed by atoms with Crippen molar-refractivity contribution in [1.29, 1.82) is 0 Å². The lowest BCUT2D eigenvalue weighted by Gasteiger charge is -2.27. The molecule has 2 fully saturated rings. The fraction of sp³-hybridized carbons (Fsp3) is 1.00. The standard InChI is InChI=1S/C12H22/c1-3-11(2)8-9-12(10-11)6-4-5-7-12/h3-10H2,1-2H3/t11-/m1/s1. The highest BCUT2D eigenvalue weighted by Gasteiger charge is 2.45. The van der Waals surface area contributed by atoms with Crippen molar-refractivity contribution < 1.29 is 0 Å². The van der Waals surface area contributed by atoms with Crippen LogP contribution in [0.3, 0.4) is 0 Å². The Morgan fingerprint density at radius 1 is 1.00 bits per heavy atom. The van der Waals surface area contributed by atoms with Gasteiger partial charge in [-0.1, -0.05) is 33.1 Å². The lowest BCUT2D eigenvalue weighted by atomic mass is 9.78. The maximum Gasteiger partial charge on any atom is -0.0292 e. The molecule has 1 atom stereocenters. The van der Waals surface area contributed by atoms with Gasteiger partial charge in [0.15, 0.2) is 0 Å². The molecular formula is C12H22. The summed E-state index contributed by atoms with van der Waals surface area (Å²) in [5.41, 5.74) is 1.54. The minimum Gasteiger partial charge on any atom is -0.0649 e. The minimum atomic E-state index is 0.713. The summed E-state index contributed by atoms with van der Waals surface area (Å²) >= 11 is 0. The summed E-state index contributed by atoms with van der Waals surface area (Å²) in [5, 5.41) is 0. The van der Waals surface area contributed by atoms with Crippen LogP contribution in [0.4, 0.5) is 0 Å². The quantitative estimate of drug-likeness (QED) is 0.549. The zero-order chi connectivity index (χ0) is 8.66. The van der Waals surface area contributed by atoms with E-state index in [1.54, 1.807) is 12.8 Å². The molecule has 0 bridgehead atoms. The fourth-order valence-corrected chi connectivity index (χ4v) is 3.50. The molecule has 1 spiro atoms. The molecule has 2 aliphatic rings. The van der Waals surface area contributed by atoms with Crippen LogP contribution in [0.5, 0.6) is 0 Å². The highest BCUT2D eigenvalue weighted by molar-refractivity contribution is 4.97. The van der Waals surface area contributed by atoms with Crippen molar-refractivity contribution in [3.63, 3.8) is 0 Å². The summed E-state index contributed by atoms with van der Waals surface area (Å²) in [6.07, 6.45) is 12.1. The molecule has 0 aromatic heterocycles. The number of hydrogen-bond acceptors (Lipinski definition) is 0. The molecule has 0 heterocycles. The molecule has 0 amide bonds. The Labute approximate surface area is 76.7 Å². The van der Waals surface area contributed by atoms with E-state index in [4.69, 9.17) is 0 Å². The molecule has 12 heavy (non-hydrogen) atoms. The van der Waals surface area contributed by atoms with E-state index in [9.17, 15) is 0 Å². The van der Waals surface area contributed by atoms with Gasteiger partial charge in [0.2, 0.25) is 0 Å². The van der Waals surface area contributed by atoms with Gasteiger partial charge >= 0.3 is 0 Å². The second-order valence-corrected chi connectivity index (χ2v) is 5.55. The maximum absolute atomic E-state index is 2.50. The molecule has 0 unspecified atom stereocenters. The van der Waals surface area contributed by atoms with Crippen LogP contribution in [0.25, 0.3) is 0 Å². The molecular weight excluding hydrogens is 144 g/mol. The van der Waals surface area contributed by atoms with Gasteiger partial charge in [-0.2, -0.15) is 0 Å². The number of hydrogen-bond donors (Lipinski definition) is 0. The summed E-state index contributed by atoms with van der Waals surface area (Å²) in [6.45, 7) is 4.87. The van der Waals surface area contributed by atoms with Crippen LogP contribution in [0, 0.1) is 10.8 Å². The van der Waals surface area contributed by atoms with E-state index in [-0.39, 0.29) is 0 Å². The van der Waals surface area contributed by atoms with Gasteiger partial charge < -0.3 is 0 Å². The second kappa shape index (κ2) is 2.75. The first-order valence-electron chi connectivity index (χ1n) is 5.68. The van der Waals surface area contributed by atoms with Crippen LogP contribution in [-0.2, 0) is 0 Å². The summed E-state index contributed by atoms with van der Waals surface area (Å²) in [5.74, 6) is 0. The second-order valence-electron chi connectivity index (χ2n) is 5.55. The molecule has 2 saturated carbocycles. The molecule has 2 rings (SSSR count). The monoisotopic (exact) mass is 166 g/mol. The highest BCUT2D eigenvalue weighted by atomic mass is 14.5. The predicted molar refractivity (Wildman–Crippen MR) is 53.2 cm³/mol. The van der Waals surface area contributed by atoms with Crippen LogP contribution in [0.15, 0.2) is 0 Å². The van der Waals surface area contributed by atoms with Crippen LogP contribution in [0.1, 0.15) is 65.2 Å². The van der Waals surface area contributed by atoms with Gasteiger partial charge in [0.25, 0.3) is 0 Å². The van der Waals surface area contributed by atoms with Crippen molar-refractivity contribution in [2.24, 2.45) is 10.8 Å². The van der Waals surface area contributed by atoms with Crippen LogP contribution in [-0.4, -0.2) is 0 Å². The SMILES string of the molecule is CC[C@]1(C)CCC2(CCCC2)C1. The van der Waals surface area contributed by atoms with Crippen molar-refractivity contribution in [1.82, 2.24) is 0 Å². The van der Waals surface area contributed by atoms with Crippen LogP contribution < -0.4 is 0 Å². The summed E-state index contributed by atoms with van der Waals surface area (Å²) in [4.78, 5) is 0. The van der Waals surface area contributed by atoms with Gasteiger partial charge in [-0.05, 0) is 42.9 Å². The van der Waals surface area contributed by atoms with Gasteiger partial charge in [-0.3, -0.25) is 0 Å². The fourth-order valence-electron chi connectivity index (χ4n) is 3.50. The molecule has 0 aromatic carbocycles.